The van der Waals surface area contributed by atoms with Crippen molar-refractivity contribution in [3.05, 3.63) is 22.7 Å². The van der Waals surface area contributed by atoms with Crippen molar-refractivity contribution in [3.63, 3.8) is 0 Å². The van der Waals surface area contributed by atoms with Crippen LogP contribution < -0.4 is 15.8 Å². The lowest BCUT2D eigenvalue weighted by Gasteiger charge is -2.10. The summed E-state index contributed by atoms with van der Waals surface area (Å²) in [6.45, 7) is 2.10. The Balaban J connectivity index is 2.72. The highest BCUT2D eigenvalue weighted by atomic mass is 35.5. The minimum Gasteiger partial charge on any atom is -0.496 e. The standard InChI is InChI=1S/C13H17ClN2O4/c1-3-4-16-12(17)7-20-13(18)8-5-9(14)10(15)6-11(8)19-2/h5-6H,3-4,7,15H2,1-2H3,(H,16,17). The summed E-state index contributed by atoms with van der Waals surface area (Å²) < 4.78 is 9.93. The van der Waals surface area contributed by atoms with Gasteiger partial charge in [-0.1, -0.05) is 18.5 Å². The molecule has 0 aliphatic carbocycles. The molecule has 1 rings (SSSR count). The lowest BCUT2D eigenvalue weighted by atomic mass is 10.2. The van der Waals surface area contributed by atoms with Crippen molar-refractivity contribution < 1.29 is 19.1 Å². The third kappa shape index (κ3) is 4.31. The minimum absolute atomic E-state index is 0.120. The first kappa shape index (κ1) is 16.1. The Hall–Kier alpha value is -1.95. The second-order valence-electron chi connectivity index (χ2n) is 4.00. The van der Waals surface area contributed by atoms with Crippen LogP contribution in [-0.4, -0.2) is 32.1 Å². The molecular formula is C13H17ClN2O4. The van der Waals surface area contributed by atoms with E-state index >= 15 is 0 Å². The summed E-state index contributed by atoms with van der Waals surface area (Å²) in [4.78, 5) is 23.2. The van der Waals surface area contributed by atoms with Crippen LogP contribution in [0.5, 0.6) is 5.75 Å². The van der Waals surface area contributed by atoms with E-state index in [1.807, 2.05) is 6.92 Å². The maximum absolute atomic E-state index is 11.9. The maximum Gasteiger partial charge on any atom is 0.342 e. The number of nitrogens with two attached hydrogens (primary N) is 1. The number of methoxy groups -OCH3 is 1. The number of nitrogen functional groups attached to an aromatic ring is 1. The number of esters is 1. The number of nitrogens with one attached hydrogen (secondary N) is 1. The molecule has 0 aliphatic rings. The number of ether oxygens (including phenoxy) is 2. The second kappa shape index (κ2) is 7.59. The molecule has 1 amide bonds. The predicted octanol–water partition coefficient (Wildman–Crippen LogP) is 1.61. The lowest BCUT2D eigenvalue weighted by Crippen LogP contribution is -2.29. The minimum atomic E-state index is -0.699. The van der Waals surface area contributed by atoms with Crippen LogP contribution in [0.4, 0.5) is 5.69 Å². The molecule has 1 aromatic carbocycles. The average Bonchev–Trinajstić information content (AvgIpc) is 2.44. The normalized spacial score (nSPS) is 9.95. The maximum atomic E-state index is 11.9. The van der Waals surface area contributed by atoms with Crippen molar-refractivity contribution in [2.75, 3.05) is 26.0 Å². The molecule has 3 N–H and O–H groups in total. The molecule has 6 nitrogen and oxygen atoms in total. The summed E-state index contributed by atoms with van der Waals surface area (Å²) >= 11 is 5.85. The Morgan fingerprint density at radius 2 is 2.10 bits per heavy atom. The highest BCUT2D eigenvalue weighted by Crippen LogP contribution is 2.29. The highest BCUT2D eigenvalue weighted by Gasteiger charge is 2.17. The van der Waals surface area contributed by atoms with Gasteiger partial charge in [0.05, 0.1) is 17.8 Å². The lowest BCUT2D eigenvalue weighted by molar-refractivity contribution is -0.124. The molecule has 1 aromatic rings. The van der Waals surface area contributed by atoms with Gasteiger partial charge in [0.1, 0.15) is 11.3 Å². The number of halogens is 1. The fourth-order valence-corrected chi connectivity index (χ4v) is 1.59. The zero-order valence-electron chi connectivity index (χ0n) is 11.4. The van der Waals surface area contributed by atoms with E-state index < -0.39 is 5.97 Å². The van der Waals surface area contributed by atoms with Gasteiger partial charge in [0.15, 0.2) is 6.61 Å². The van der Waals surface area contributed by atoms with Crippen LogP contribution in [0.1, 0.15) is 23.7 Å². The molecule has 0 aliphatic heterocycles. The second-order valence-corrected chi connectivity index (χ2v) is 4.41. The van der Waals surface area contributed by atoms with Crippen LogP contribution in [0.25, 0.3) is 0 Å². The van der Waals surface area contributed by atoms with Crippen LogP contribution in [0.15, 0.2) is 12.1 Å². The van der Waals surface area contributed by atoms with E-state index in [1.165, 1.54) is 19.2 Å². The van der Waals surface area contributed by atoms with Gasteiger partial charge in [-0.25, -0.2) is 4.79 Å². The van der Waals surface area contributed by atoms with Crippen LogP contribution in [0.3, 0.4) is 0 Å². The van der Waals surface area contributed by atoms with Crippen molar-refractivity contribution >= 4 is 29.2 Å². The molecule has 0 bridgehead atoms. The van der Waals surface area contributed by atoms with Crippen LogP contribution in [-0.2, 0) is 9.53 Å². The van der Waals surface area contributed by atoms with E-state index in [1.54, 1.807) is 0 Å². The van der Waals surface area contributed by atoms with Crippen LogP contribution in [0, 0.1) is 0 Å². The summed E-state index contributed by atoms with van der Waals surface area (Å²) in [5.74, 6) is -0.818. The first-order valence-corrected chi connectivity index (χ1v) is 6.44. The molecule has 0 aromatic heterocycles. The van der Waals surface area contributed by atoms with E-state index in [0.29, 0.717) is 12.2 Å². The van der Waals surface area contributed by atoms with E-state index in [9.17, 15) is 9.59 Å². The Morgan fingerprint density at radius 3 is 2.70 bits per heavy atom. The third-order valence-corrected chi connectivity index (χ3v) is 2.77. The molecule has 7 heteroatoms. The summed E-state index contributed by atoms with van der Waals surface area (Å²) in [7, 11) is 1.40. The number of amides is 1. The van der Waals surface area contributed by atoms with Gasteiger partial charge in [-0.15, -0.1) is 0 Å². The van der Waals surface area contributed by atoms with Gasteiger partial charge in [0, 0.05) is 12.6 Å². The highest BCUT2D eigenvalue weighted by molar-refractivity contribution is 6.33. The van der Waals surface area contributed by atoms with Gasteiger partial charge < -0.3 is 20.5 Å². The number of carbonyl (C=O) groups is 2. The van der Waals surface area contributed by atoms with Gasteiger partial charge in [-0.2, -0.15) is 0 Å². The molecule has 0 radical (unpaired) electrons. The Kier molecular flexibility index (Phi) is 6.11. The number of rotatable bonds is 6. The van der Waals surface area contributed by atoms with Crippen molar-refractivity contribution in [2.24, 2.45) is 0 Å². The van der Waals surface area contributed by atoms with Crippen molar-refractivity contribution in [1.29, 1.82) is 0 Å². The Labute approximate surface area is 122 Å². The molecule has 0 unspecified atom stereocenters. The SMILES string of the molecule is CCCNC(=O)COC(=O)c1cc(Cl)c(N)cc1OC. The fourth-order valence-electron chi connectivity index (χ4n) is 1.42. The number of hydrogen-bond donors (Lipinski definition) is 2. The number of hydrogen-bond acceptors (Lipinski definition) is 5. The molecule has 0 fully saturated rings. The summed E-state index contributed by atoms with van der Waals surface area (Å²) in [6, 6.07) is 2.78. The van der Waals surface area contributed by atoms with Crippen molar-refractivity contribution in [1.82, 2.24) is 5.32 Å². The van der Waals surface area contributed by atoms with E-state index in [0.717, 1.165) is 6.42 Å². The summed E-state index contributed by atoms with van der Waals surface area (Å²) in [6.07, 6.45) is 0.807. The van der Waals surface area contributed by atoms with Crippen molar-refractivity contribution in [2.45, 2.75) is 13.3 Å². The third-order valence-electron chi connectivity index (χ3n) is 2.45. The molecule has 0 spiro atoms. The fraction of sp³-hybridized carbons (Fsp3) is 0.385. The van der Waals surface area contributed by atoms with E-state index in [4.69, 9.17) is 26.8 Å². The zero-order valence-corrected chi connectivity index (χ0v) is 12.1. The molecule has 0 heterocycles. The molecule has 20 heavy (non-hydrogen) atoms. The van der Waals surface area contributed by atoms with Crippen LogP contribution in [0.2, 0.25) is 5.02 Å². The predicted molar refractivity (Wildman–Crippen MR) is 76.0 cm³/mol. The van der Waals surface area contributed by atoms with Crippen LogP contribution >= 0.6 is 11.6 Å². The Bertz CT molecular complexity index is 505. The van der Waals surface area contributed by atoms with Gasteiger partial charge in [-0.3, -0.25) is 4.79 Å². The zero-order chi connectivity index (χ0) is 15.1. The summed E-state index contributed by atoms with van der Waals surface area (Å²) in [5, 5.41) is 2.81. The number of anilines is 1. The molecule has 0 saturated carbocycles. The molecule has 0 saturated heterocycles. The molecule has 0 atom stereocenters. The first-order valence-electron chi connectivity index (χ1n) is 6.06. The largest absolute Gasteiger partial charge is 0.496 e. The average molecular weight is 301 g/mol. The van der Waals surface area contributed by atoms with Gasteiger partial charge in [0.25, 0.3) is 5.91 Å². The van der Waals surface area contributed by atoms with Gasteiger partial charge >= 0.3 is 5.97 Å². The quantitative estimate of drug-likeness (QED) is 0.615. The number of carbonyl (C=O) groups excluding carboxylic acids is 2. The van der Waals surface area contributed by atoms with Gasteiger partial charge in [0.2, 0.25) is 0 Å². The number of benzene rings is 1. The smallest absolute Gasteiger partial charge is 0.342 e. The Morgan fingerprint density at radius 1 is 1.40 bits per heavy atom. The van der Waals surface area contributed by atoms with E-state index in [2.05, 4.69) is 5.32 Å². The summed E-state index contributed by atoms with van der Waals surface area (Å²) in [5.41, 5.74) is 6.03. The first-order chi connectivity index (χ1) is 9.49. The topological polar surface area (TPSA) is 90.7 Å². The van der Waals surface area contributed by atoms with Gasteiger partial charge in [-0.05, 0) is 12.5 Å². The molecular weight excluding hydrogens is 284 g/mol. The molecule has 110 valence electrons. The van der Waals surface area contributed by atoms with Crippen molar-refractivity contribution in [3.8, 4) is 5.75 Å². The van der Waals surface area contributed by atoms with E-state index in [-0.39, 0.29) is 28.8 Å². The monoisotopic (exact) mass is 300 g/mol.